The highest BCUT2D eigenvalue weighted by Gasteiger charge is 2.28. The van der Waals surface area contributed by atoms with Gasteiger partial charge in [0, 0.05) is 25.8 Å². The van der Waals surface area contributed by atoms with Crippen molar-refractivity contribution in [1.29, 1.82) is 0 Å². The maximum atomic E-state index is 12.3. The first-order chi connectivity index (χ1) is 16.2. The Kier molecular flexibility index (Phi) is 12.7. The lowest BCUT2D eigenvalue weighted by molar-refractivity contribution is -0.151. The van der Waals surface area contributed by atoms with Crippen LogP contribution in [0.4, 0.5) is 4.79 Å². The lowest BCUT2D eigenvalue weighted by Gasteiger charge is -2.19. The Morgan fingerprint density at radius 2 is 1.50 bits per heavy atom. The average Bonchev–Trinajstić information content (AvgIpc) is 2.84. The van der Waals surface area contributed by atoms with E-state index in [9.17, 15) is 24.0 Å². The molecular formula is C23H32N2O9. The van der Waals surface area contributed by atoms with Gasteiger partial charge in [0.1, 0.15) is 6.04 Å². The predicted octanol–water partition coefficient (Wildman–Crippen LogP) is 1.20. The first-order valence-corrected chi connectivity index (χ1v) is 10.7. The Morgan fingerprint density at radius 3 is 2.09 bits per heavy atom. The number of amides is 2. The van der Waals surface area contributed by atoms with Gasteiger partial charge in [-0.25, -0.2) is 14.4 Å². The van der Waals surface area contributed by atoms with E-state index >= 15 is 0 Å². The van der Waals surface area contributed by atoms with Crippen molar-refractivity contribution in [3.63, 3.8) is 0 Å². The SMILES string of the molecule is COC(=O)CC[C@H](NC(=O)O[C@@H](CCC(=O)NCCc1ccc(C)cc1)C(=O)OC)C(=O)OC. The highest BCUT2D eigenvalue weighted by atomic mass is 16.6. The molecule has 0 aliphatic carbocycles. The summed E-state index contributed by atoms with van der Waals surface area (Å²) in [7, 11) is 3.43. The number of aryl methyl sites for hydroxylation is 1. The van der Waals surface area contributed by atoms with Crippen LogP contribution >= 0.6 is 0 Å². The van der Waals surface area contributed by atoms with Gasteiger partial charge in [0.25, 0.3) is 0 Å². The Balaban J connectivity index is 2.56. The van der Waals surface area contributed by atoms with Gasteiger partial charge in [0.15, 0.2) is 0 Å². The van der Waals surface area contributed by atoms with Gasteiger partial charge in [-0.2, -0.15) is 0 Å². The van der Waals surface area contributed by atoms with Crippen molar-refractivity contribution in [2.24, 2.45) is 0 Å². The lowest BCUT2D eigenvalue weighted by atomic mass is 10.1. The summed E-state index contributed by atoms with van der Waals surface area (Å²) in [6, 6.07) is 6.74. The summed E-state index contributed by atoms with van der Waals surface area (Å²) in [5.41, 5.74) is 2.22. The highest BCUT2D eigenvalue weighted by Crippen LogP contribution is 2.08. The quantitative estimate of drug-likeness (QED) is 0.314. The van der Waals surface area contributed by atoms with Crippen molar-refractivity contribution < 1.29 is 42.9 Å². The first kappa shape index (κ1) is 28.4. The summed E-state index contributed by atoms with van der Waals surface area (Å²) < 4.78 is 18.8. The highest BCUT2D eigenvalue weighted by molar-refractivity contribution is 5.84. The fourth-order valence-electron chi connectivity index (χ4n) is 2.87. The molecule has 1 aromatic rings. The molecule has 0 aliphatic heterocycles. The van der Waals surface area contributed by atoms with E-state index in [-0.39, 0.29) is 31.6 Å². The van der Waals surface area contributed by atoms with Crippen molar-refractivity contribution in [2.75, 3.05) is 27.9 Å². The van der Waals surface area contributed by atoms with Crippen LogP contribution in [0.2, 0.25) is 0 Å². The molecule has 0 unspecified atom stereocenters. The fourth-order valence-corrected chi connectivity index (χ4v) is 2.87. The molecule has 2 amide bonds. The molecule has 0 fully saturated rings. The number of carbonyl (C=O) groups excluding carboxylic acids is 5. The number of benzene rings is 1. The smallest absolute Gasteiger partial charge is 0.408 e. The van der Waals surface area contributed by atoms with Crippen LogP contribution in [-0.4, -0.2) is 69.9 Å². The molecule has 1 rings (SSSR count). The summed E-state index contributed by atoms with van der Waals surface area (Å²) in [6.45, 7) is 2.40. The molecule has 11 nitrogen and oxygen atoms in total. The number of methoxy groups -OCH3 is 3. The number of hydrogen-bond acceptors (Lipinski definition) is 9. The van der Waals surface area contributed by atoms with Crippen LogP contribution in [0.5, 0.6) is 0 Å². The third-order valence-corrected chi connectivity index (χ3v) is 4.85. The van der Waals surface area contributed by atoms with Crippen molar-refractivity contribution in [1.82, 2.24) is 10.6 Å². The monoisotopic (exact) mass is 480 g/mol. The van der Waals surface area contributed by atoms with Crippen LogP contribution in [0.1, 0.15) is 36.8 Å². The Morgan fingerprint density at radius 1 is 0.853 bits per heavy atom. The van der Waals surface area contributed by atoms with Crippen molar-refractivity contribution >= 4 is 29.9 Å². The summed E-state index contributed by atoms with van der Waals surface area (Å²) in [5, 5.41) is 5.00. The normalized spacial score (nSPS) is 12.0. The molecule has 0 aromatic heterocycles. The zero-order chi connectivity index (χ0) is 25.5. The largest absolute Gasteiger partial charge is 0.469 e. The molecule has 1 aromatic carbocycles. The van der Waals surface area contributed by atoms with E-state index in [0.717, 1.165) is 25.3 Å². The Labute approximate surface area is 198 Å². The topological polar surface area (TPSA) is 146 Å². The lowest BCUT2D eigenvalue weighted by Crippen LogP contribution is -2.44. The second kappa shape index (κ2) is 15.3. The van der Waals surface area contributed by atoms with Crippen LogP contribution in [0.3, 0.4) is 0 Å². The van der Waals surface area contributed by atoms with E-state index in [1.165, 1.54) is 7.11 Å². The molecule has 2 N–H and O–H groups in total. The summed E-state index contributed by atoms with van der Waals surface area (Å²) in [6.07, 6.45) is -2.29. The molecule has 0 saturated carbocycles. The Bertz CT molecular complexity index is 839. The summed E-state index contributed by atoms with van der Waals surface area (Å²) >= 11 is 0. The fraction of sp³-hybridized carbons (Fsp3) is 0.522. The first-order valence-electron chi connectivity index (χ1n) is 10.7. The number of rotatable bonds is 13. The standard InChI is InChI=1S/C23H32N2O9/c1-15-5-7-16(8-6-15)13-14-24-19(26)11-10-18(22(29)33-4)34-23(30)25-17(21(28)32-3)9-12-20(27)31-2/h5-8,17-18H,9-14H2,1-4H3,(H,24,26)(H,25,30)/t17-,18-/m0/s1. The molecule has 2 atom stereocenters. The number of nitrogens with one attached hydrogen (secondary N) is 2. The van der Waals surface area contributed by atoms with Crippen molar-refractivity contribution in [3.8, 4) is 0 Å². The van der Waals surface area contributed by atoms with Gasteiger partial charge in [0.05, 0.1) is 21.3 Å². The van der Waals surface area contributed by atoms with Crippen molar-refractivity contribution in [3.05, 3.63) is 35.4 Å². The van der Waals surface area contributed by atoms with Gasteiger partial charge in [-0.15, -0.1) is 0 Å². The zero-order valence-electron chi connectivity index (χ0n) is 19.9. The molecular weight excluding hydrogens is 448 g/mol. The second-order valence-electron chi connectivity index (χ2n) is 7.38. The predicted molar refractivity (Wildman–Crippen MR) is 120 cm³/mol. The van der Waals surface area contributed by atoms with Gasteiger partial charge in [-0.05, 0) is 25.3 Å². The van der Waals surface area contributed by atoms with Gasteiger partial charge < -0.3 is 29.6 Å². The van der Waals surface area contributed by atoms with Crippen molar-refractivity contribution in [2.45, 2.75) is 51.2 Å². The van der Waals surface area contributed by atoms with Crippen LogP contribution in [-0.2, 0) is 44.5 Å². The molecule has 34 heavy (non-hydrogen) atoms. The minimum absolute atomic E-state index is 0.0935. The molecule has 188 valence electrons. The van der Waals surface area contributed by atoms with E-state index in [1.807, 2.05) is 31.2 Å². The van der Waals surface area contributed by atoms with Gasteiger partial charge >= 0.3 is 24.0 Å². The third kappa shape index (κ3) is 10.8. The number of esters is 3. The molecule has 11 heteroatoms. The second-order valence-corrected chi connectivity index (χ2v) is 7.38. The minimum atomic E-state index is -1.37. The summed E-state index contributed by atoms with van der Waals surface area (Å²) in [4.78, 5) is 59.6. The minimum Gasteiger partial charge on any atom is -0.469 e. The average molecular weight is 481 g/mol. The van der Waals surface area contributed by atoms with E-state index < -0.39 is 36.1 Å². The van der Waals surface area contributed by atoms with E-state index in [4.69, 9.17) is 4.74 Å². The number of alkyl carbamates (subject to hydrolysis) is 1. The maximum Gasteiger partial charge on any atom is 0.408 e. The van der Waals surface area contributed by atoms with Crippen LogP contribution in [0.25, 0.3) is 0 Å². The van der Waals surface area contributed by atoms with Crippen LogP contribution in [0, 0.1) is 6.92 Å². The molecule has 0 saturated heterocycles. The number of carbonyl (C=O) groups is 5. The van der Waals surface area contributed by atoms with Gasteiger partial charge in [-0.3, -0.25) is 9.59 Å². The van der Waals surface area contributed by atoms with E-state index in [0.29, 0.717) is 13.0 Å². The van der Waals surface area contributed by atoms with E-state index in [2.05, 4.69) is 24.8 Å². The maximum absolute atomic E-state index is 12.3. The summed E-state index contributed by atoms with van der Waals surface area (Å²) in [5.74, 6) is -2.56. The number of hydrogen-bond donors (Lipinski definition) is 2. The van der Waals surface area contributed by atoms with Crippen LogP contribution < -0.4 is 10.6 Å². The number of ether oxygens (including phenoxy) is 4. The molecule has 0 aliphatic rings. The molecule has 0 radical (unpaired) electrons. The zero-order valence-corrected chi connectivity index (χ0v) is 19.9. The van der Waals surface area contributed by atoms with Gasteiger partial charge in [0.2, 0.25) is 12.0 Å². The van der Waals surface area contributed by atoms with Gasteiger partial charge in [-0.1, -0.05) is 29.8 Å². The van der Waals surface area contributed by atoms with Crippen LogP contribution in [0.15, 0.2) is 24.3 Å². The van der Waals surface area contributed by atoms with E-state index in [1.54, 1.807) is 0 Å². The molecule has 0 bridgehead atoms. The molecule has 0 spiro atoms. The Hall–Kier alpha value is -3.63. The third-order valence-electron chi connectivity index (χ3n) is 4.85. The molecule has 0 heterocycles.